The van der Waals surface area contributed by atoms with Gasteiger partial charge in [-0.25, -0.2) is 4.98 Å². The van der Waals surface area contributed by atoms with Crippen LogP contribution in [0.5, 0.6) is 5.75 Å². The van der Waals surface area contributed by atoms with E-state index in [9.17, 15) is 9.90 Å². The lowest BCUT2D eigenvalue weighted by atomic mass is 10.1. The summed E-state index contributed by atoms with van der Waals surface area (Å²) in [4.78, 5) is 16.3. The van der Waals surface area contributed by atoms with E-state index in [0.29, 0.717) is 18.9 Å². The van der Waals surface area contributed by atoms with Crippen molar-refractivity contribution in [3.05, 3.63) is 48.0 Å². The topological polar surface area (TPSA) is 76.4 Å². The van der Waals surface area contributed by atoms with Gasteiger partial charge in [0.2, 0.25) is 5.91 Å². The minimum absolute atomic E-state index is 0.0917. The maximum Gasteiger partial charge on any atom is 0.221 e. The number of aryl methyl sites for hydroxylation is 1. The number of rotatable bonds is 8. The van der Waals surface area contributed by atoms with Crippen LogP contribution < -0.4 is 10.1 Å². The molecule has 1 unspecified atom stereocenters. The molecule has 1 aromatic carbocycles. The number of carbonyl (C=O) groups is 1. The Morgan fingerprint density at radius 2 is 2.04 bits per heavy atom. The van der Waals surface area contributed by atoms with Gasteiger partial charge < -0.3 is 19.7 Å². The number of aliphatic hydroxyl groups is 1. The highest BCUT2D eigenvalue weighted by molar-refractivity contribution is 5.75. The molecule has 6 nitrogen and oxygen atoms in total. The van der Waals surface area contributed by atoms with Crippen LogP contribution in [0.3, 0.4) is 0 Å². The van der Waals surface area contributed by atoms with Crippen molar-refractivity contribution in [2.45, 2.75) is 38.8 Å². The van der Waals surface area contributed by atoms with Gasteiger partial charge in [0.1, 0.15) is 11.6 Å². The first-order valence-electron chi connectivity index (χ1n) is 8.11. The van der Waals surface area contributed by atoms with Crippen LogP contribution in [0.15, 0.2) is 36.7 Å². The fraction of sp³-hybridized carbons (Fsp3) is 0.444. The number of aromatic nitrogens is 2. The Hall–Kier alpha value is -2.34. The maximum atomic E-state index is 12.0. The summed E-state index contributed by atoms with van der Waals surface area (Å²) in [6, 6.07) is 7.14. The number of carbonyl (C=O) groups excluding carboxylic acids is 1. The number of benzene rings is 1. The number of hydrogen-bond acceptors (Lipinski definition) is 4. The van der Waals surface area contributed by atoms with Gasteiger partial charge in [-0.3, -0.25) is 4.79 Å². The molecule has 1 aromatic heterocycles. The van der Waals surface area contributed by atoms with Crippen molar-refractivity contribution in [1.29, 1.82) is 0 Å². The number of imidazole rings is 1. The highest BCUT2D eigenvalue weighted by atomic mass is 16.5. The first-order valence-corrected chi connectivity index (χ1v) is 8.11. The maximum absolute atomic E-state index is 12.0. The van der Waals surface area contributed by atoms with E-state index in [4.69, 9.17) is 4.74 Å². The van der Waals surface area contributed by atoms with Crippen molar-refractivity contribution in [2.24, 2.45) is 0 Å². The Bertz CT molecular complexity index is 650. The van der Waals surface area contributed by atoms with E-state index in [1.165, 1.54) is 0 Å². The monoisotopic (exact) mass is 331 g/mol. The summed E-state index contributed by atoms with van der Waals surface area (Å²) >= 11 is 0. The fourth-order valence-corrected chi connectivity index (χ4v) is 2.48. The van der Waals surface area contributed by atoms with Gasteiger partial charge in [-0.1, -0.05) is 26.0 Å². The Kier molecular flexibility index (Phi) is 6.37. The molecule has 0 aliphatic heterocycles. The summed E-state index contributed by atoms with van der Waals surface area (Å²) in [6.45, 7) is 4.92. The molecular weight excluding hydrogens is 306 g/mol. The van der Waals surface area contributed by atoms with E-state index >= 15 is 0 Å². The van der Waals surface area contributed by atoms with Crippen LogP contribution in [0, 0.1) is 0 Å². The number of amides is 1. The third-order valence-corrected chi connectivity index (χ3v) is 3.84. The number of aliphatic hydroxyl groups excluding tert-OH is 1. The van der Waals surface area contributed by atoms with E-state index in [1.54, 1.807) is 37.6 Å². The smallest absolute Gasteiger partial charge is 0.221 e. The molecule has 1 heterocycles. The van der Waals surface area contributed by atoms with Crippen molar-refractivity contribution >= 4 is 5.91 Å². The fourth-order valence-electron chi connectivity index (χ4n) is 2.48. The van der Waals surface area contributed by atoms with Crippen LogP contribution in [0.25, 0.3) is 0 Å². The lowest BCUT2D eigenvalue weighted by Gasteiger charge is -2.14. The first-order chi connectivity index (χ1) is 11.5. The summed E-state index contributed by atoms with van der Waals surface area (Å²) < 4.78 is 7.07. The molecule has 0 aliphatic rings. The quantitative estimate of drug-likeness (QED) is 0.778. The standard InChI is InChI=1S/C18H25N3O3/c1-13(2)18-19-9-11-21(18)10-8-17(23)20-12-16(22)14-4-6-15(24-3)7-5-14/h4-7,9,11,13,16,22H,8,10,12H2,1-3H3,(H,20,23). The highest BCUT2D eigenvalue weighted by Gasteiger charge is 2.11. The van der Waals surface area contributed by atoms with Crippen molar-refractivity contribution < 1.29 is 14.6 Å². The van der Waals surface area contributed by atoms with Crippen LogP contribution >= 0.6 is 0 Å². The van der Waals surface area contributed by atoms with Crippen LogP contribution in [0.4, 0.5) is 0 Å². The Labute approximate surface area is 142 Å². The molecule has 0 bridgehead atoms. The third-order valence-electron chi connectivity index (χ3n) is 3.84. The molecule has 24 heavy (non-hydrogen) atoms. The van der Waals surface area contributed by atoms with Gasteiger partial charge in [0, 0.05) is 37.8 Å². The zero-order chi connectivity index (χ0) is 17.5. The molecule has 1 amide bonds. The zero-order valence-corrected chi connectivity index (χ0v) is 14.4. The van der Waals surface area contributed by atoms with Gasteiger partial charge in [0.15, 0.2) is 0 Å². The Morgan fingerprint density at radius 3 is 2.67 bits per heavy atom. The molecule has 1 atom stereocenters. The van der Waals surface area contributed by atoms with Crippen molar-refractivity contribution in [2.75, 3.05) is 13.7 Å². The van der Waals surface area contributed by atoms with Gasteiger partial charge in [0.05, 0.1) is 13.2 Å². The SMILES string of the molecule is COc1ccc(C(O)CNC(=O)CCn2ccnc2C(C)C)cc1. The van der Waals surface area contributed by atoms with E-state index < -0.39 is 6.10 Å². The summed E-state index contributed by atoms with van der Waals surface area (Å²) in [5.74, 6) is 1.93. The van der Waals surface area contributed by atoms with Gasteiger partial charge in [-0.15, -0.1) is 0 Å². The number of ether oxygens (including phenoxy) is 1. The molecule has 0 fully saturated rings. The molecule has 2 N–H and O–H groups in total. The number of hydrogen-bond donors (Lipinski definition) is 2. The summed E-state index contributed by atoms with van der Waals surface area (Å²) in [5.41, 5.74) is 0.743. The number of nitrogens with zero attached hydrogens (tertiary/aromatic N) is 2. The molecule has 0 radical (unpaired) electrons. The number of nitrogens with one attached hydrogen (secondary N) is 1. The van der Waals surface area contributed by atoms with Crippen LogP contribution in [0.1, 0.15) is 43.7 Å². The van der Waals surface area contributed by atoms with Gasteiger partial charge >= 0.3 is 0 Å². The zero-order valence-electron chi connectivity index (χ0n) is 14.4. The predicted octanol–water partition coefficient (Wildman–Crippen LogP) is 2.25. The van der Waals surface area contributed by atoms with Crippen LogP contribution in [0.2, 0.25) is 0 Å². The first kappa shape index (κ1) is 18.0. The number of methoxy groups -OCH3 is 1. The molecule has 0 saturated carbocycles. The van der Waals surface area contributed by atoms with E-state index in [2.05, 4.69) is 24.1 Å². The second-order valence-electron chi connectivity index (χ2n) is 5.98. The molecule has 0 saturated heterocycles. The Balaban J connectivity index is 1.78. The largest absolute Gasteiger partial charge is 0.497 e. The molecule has 6 heteroatoms. The lowest BCUT2D eigenvalue weighted by Crippen LogP contribution is -2.29. The van der Waals surface area contributed by atoms with Crippen molar-refractivity contribution in [3.63, 3.8) is 0 Å². The van der Waals surface area contributed by atoms with Gasteiger partial charge in [-0.2, -0.15) is 0 Å². The average Bonchev–Trinajstić information content (AvgIpc) is 3.06. The Morgan fingerprint density at radius 1 is 1.33 bits per heavy atom. The summed E-state index contributed by atoms with van der Waals surface area (Å²) in [6.07, 6.45) is 3.25. The van der Waals surface area contributed by atoms with E-state index in [1.807, 2.05) is 10.8 Å². The highest BCUT2D eigenvalue weighted by Crippen LogP contribution is 2.17. The predicted molar refractivity (Wildman–Crippen MR) is 91.9 cm³/mol. The van der Waals surface area contributed by atoms with Crippen molar-refractivity contribution in [3.8, 4) is 5.75 Å². The second-order valence-corrected chi connectivity index (χ2v) is 5.98. The summed E-state index contributed by atoms with van der Waals surface area (Å²) in [5, 5.41) is 12.9. The van der Waals surface area contributed by atoms with Crippen LogP contribution in [-0.4, -0.2) is 34.2 Å². The minimum Gasteiger partial charge on any atom is -0.497 e. The molecule has 130 valence electrons. The normalized spacial score (nSPS) is 12.2. The van der Waals surface area contributed by atoms with Gasteiger partial charge in [0.25, 0.3) is 0 Å². The molecule has 0 spiro atoms. The molecule has 0 aliphatic carbocycles. The second kappa shape index (κ2) is 8.49. The molecule has 2 rings (SSSR count). The van der Waals surface area contributed by atoms with Crippen LogP contribution in [-0.2, 0) is 11.3 Å². The van der Waals surface area contributed by atoms with E-state index in [0.717, 1.165) is 17.1 Å². The molecular formula is C18H25N3O3. The lowest BCUT2D eigenvalue weighted by molar-refractivity contribution is -0.121. The van der Waals surface area contributed by atoms with Gasteiger partial charge in [-0.05, 0) is 17.7 Å². The summed E-state index contributed by atoms with van der Waals surface area (Å²) in [7, 11) is 1.59. The minimum atomic E-state index is -0.737. The average molecular weight is 331 g/mol. The molecule has 2 aromatic rings. The van der Waals surface area contributed by atoms with Crippen molar-refractivity contribution in [1.82, 2.24) is 14.9 Å². The third kappa shape index (κ3) is 4.83. The van der Waals surface area contributed by atoms with E-state index in [-0.39, 0.29) is 12.5 Å².